The van der Waals surface area contributed by atoms with Crippen LogP contribution in [0.2, 0.25) is 0 Å². The number of fused-ring (bicyclic) bond motifs is 2. The van der Waals surface area contributed by atoms with Crippen molar-refractivity contribution in [2.24, 2.45) is 0 Å². The molecule has 2 aliphatic rings. The van der Waals surface area contributed by atoms with E-state index in [1.165, 1.54) is 6.92 Å². The Bertz CT molecular complexity index is 989. The van der Waals surface area contributed by atoms with Crippen LogP contribution in [-0.2, 0) is 11.3 Å². The van der Waals surface area contributed by atoms with E-state index in [0.717, 1.165) is 0 Å². The number of pyridine rings is 1. The third-order valence-electron chi connectivity index (χ3n) is 5.16. The van der Waals surface area contributed by atoms with Gasteiger partial charge in [-0.05, 0) is 13.0 Å². The Balaban J connectivity index is 1.73. The zero-order valence-electron chi connectivity index (χ0n) is 15.4. The molecule has 27 heavy (non-hydrogen) atoms. The van der Waals surface area contributed by atoms with Crippen LogP contribution >= 0.6 is 0 Å². The molecular formula is C19H21N3O5. The highest BCUT2D eigenvalue weighted by molar-refractivity contribution is 5.98. The van der Waals surface area contributed by atoms with E-state index in [1.807, 2.05) is 11.5 Å². The van der Waals surface area contributed by atoms with E-state index in [4.69, 9.17) is 9.47 Å². The number of hydrogen-bond donors (Lipinski definition) is 0. The summed E-state index contributed by atoms with van der Waals surface area (Å²) in [4.78, 5) is 40.8. The molecule has 0 spiro atoms. The van der Waals surface area contributed by atoms with E-state index in [-0.39, 0.29) is 29.6 Å². The average Bonchev–Trinajstić information content (AvgIpc) is 3.14. The summed E-state index contributed by atoms with van der Waals surface area (Å²) < 4.78 is 12.7. The predicted octanol–water partition coefficient (Wildman–Crippen LogP) is 1.05. The summed E-state index contributed by atoms with van der Waals surface area (Å²) in [6, 6.07) is 3.43. The first-order chi connectivity index (χ1) is 13.0. The molecule has 2 amide bonds. The molecule has 0 saturated carbocycles. The maximum atomic E-state index is 13.0. The van der Waals surface area contributed by atoms with Crippen molar-refractivity contribution in [2.45, 2.75) is 20.4 Å². The molecule has 4 rings (SSSR count). The second kappa shape index (κ2) is 6.61. The summed E-state index contributed by atoms with van der Waals surface area (Å²) in [6.45, 7) is 6.00. The number of hydrogen-bond acceptors (Lipinski definition) is 5. The fourth-order valence-corrected chi connectivity index (χ4v) is 3.59. The van der Waals surface area contributed by atoms with Gasteiger partial charge < -0.3 is 23.8 Å². The minimum absolute atomic E-state index is 0.00258. The second-order valence-corrected chi connectivity index (χ2v) is 6.68. The third kappa shape index (κ3) is 2.90. The minimum atomic E-state index is -0.313. The first kappa shape index (κ1) is 17.4. The predicted molar refractivity (Wildman–Crippen MR) is 98.2 cm³/mol. The van der Waals surface area contributed by atoms with Gasteiger partial charge in [-0.3, -0.25) is 14.4 Å². The van der Waals surface area contributed by atoms with E-state index in [1.54, 1.807) is 28.1 Å². The lowest BCUT2D eigenvalue weighted by atomic mass is 10.1. The fourth-order valence-electron chi connectivity index (χ4n) is 3.59. The van der Waals surface area contributed by atoms with Gasteiger partial charge in [-0.1, -0.05) is 0 Å². The van der Waals surface area contributed by atoms with Gasteiger partial charge in [0.2, 0.25) is 18.1 Å². The molecule has 1 saturated heterocycles. The van der Waals surface area contributed by atoms with Crippen molar-refractivity contribution in [3.63, 3.8) is 0 Å². The molecule has 0 N–H and O–H groups in total. The number of aromatic nitrogens is 1. The van der Waals surface area contributed by atoms with Crippen molar-refractivity contribution in [3.05, 3.63) is 34.1 Å². The lowest BCUT2D eigenvalue weighted by Crippen LogP contribution is -2.50. The lowest BCUT2D eigenvalue weighted by Gasteiger charge is -2.34. The summed E-state index contributed by atoms with van der Waals surface area (Å²) in [5, 5.41) is 0.439. The van der Waals surface area contributed by atoms with Crippen LogP contribution in [0.4, 0.5) is 0 Å². The third-order valence-corrected chi connectivity index (χ3v) is 5.16. The summed E-state index contributed by atoms with van der Waals surface area (Å²) >= 11 is 0. The summed E-state index contributed by atoms with van der Waals surface area (Å²) in [7, 11) is 0. The topological polar surface area (TPSA) is 81.1 Å². The molecule has 3 heterocycles. The van der Waals surface area contributed by atoms with Crippen LogP contribution in [0.5, 0.6) is 11.5 Å². The zero-order chi connectivity index (χ0) is 19.1. The number of piperazine rings is 1. The van der Waals surface area contributed by atoms with E-state index in [0.29, 0.717) is 55.1 Å². The molecular weight excluding hydrogens is 350 g/mol. The van der Waals surface area contributed by atoms with Crippen molar-refractivity contribution >= 4 is 22.7 Å². The van der Waals surface area contributed by atoms with Crippen molar-refractivity contribution in [1.82, 2.24) is 14.4 Å². The molecule has 1 aromatic heterocycles. The van der Waals surface area contributed by atoms with Gasteiger partial charge in [0.05, 0.1) is 10.9 Å². The summed E-state index contributed by atoms with van der Waals surface area (Å²) in [5.41, 5.74) is 0.538. The first-order valence-electron chi connectivity index (χ1n) is 9.01. The van der Waals surface area contributed by atoms with Crippen molar-refractivity contribution < 1.29 is 19.1 Å². The van der Waals surface area contributed by atoms with Crippen LogP contribution in [0.25, 0.3) is 10.9 Å². The van der Waals surface area contributed by atoms with E-state index in [2.05, 4.69) is 0 Å². The van der Waals surface area contributed by atoms with Crippen molar-refractivity contribution in [1.29, 1.82) is 0 Å². The van der Waals surface area contributed by atoms with Crippen LogP contribution in [0.1, 0.15) is 24.2 Å². The van der Waals surface area contributed by atoms with Crippen LogP contribution in [0.3, 0.4) is 0 Å². The van der Waals surface area contributed by atoms with Crippen LogP contribution in [0.15, 0.2) is 23.1 Å². The van der Waals surface area contributed by atoms with Gasteiger partial charge in [0.25, 0.3) is 5.91 Å². The van der Waals surface area contributed by atoms with E-state index >= 15 is 0 Å². The number of amides is 2. The van der Waals surface area contributed by atoms with Crippen molar-refractivity contribution in [2.75, 3.05) is 33.0 Å². The standard InChI is InChI=1S/C19H21N3O5/c1-3-20-10-14(19(25)22-6-4-21(5-7-22)12(2)23)18(24)13-8-16-17(9-15(13)20)27-11-26-16/h8-10H,3-7,11H2,1-2H3. The molecule has 1 aromatic carbocycles. The smallest absolute Gasteiger partial charge is 0.259 e. The van der Waals surface area contributed by atoms with Gasteiger partial charge in [-0.15, -0.1) is 0 Å². The number of rotatable bonds is 2. The average molecular weight is 371 g/mol. The monoisotopic (exact) mass is 371 g/mol. The molecule has 1 fully saturated rings. The molecule has 0 aliphatic carbocycles. The van der Waals surface area contributed by atoms with Gasteiger partial charge in [0.1, 0.15) is 5.56 Å². The van der Waals surface area contributed by atoms with Crippen LogP contribution in [0, 0.1) is 0 Å². The molecule has 0 radical (unpaired) electrons. The maximum Gasteiger partial charge on any atom is 0.259 e. The second-order valence-electron chi connectivity index (χ2n) is 6.68. The Hall–Kier alpha value is -3.03. The summed E-state index contributed by atoms with van der Waals surface area (Å²) in [6.07, 6.45) is 1.62. The highest BCUT2D eigenvalue weighted by Crippen LogP contribution is 2.35. The Morgan fingerprint density at radius 3 is 2.30 bits per heavy atom. The van der Waals surface area contributed by atoms with Crippen LogP contribution in [-0.4, -0.2) is 59.2 Å². The highest BCUT2D eigenvalue weighted by atomic mass is 16.7. The number of benzene rings is 1. The number of carbonyl (C=O) groups is 2. The number of ether oxygens (including phenoxy) is 2. The number of nitrogens with zero attached hydrogens (tertiary/aromatic N) is 3. The molecule has 8 heteroatoms. The van der Waals surface area contributed by atoms with Gasteiger partial charge in [-0.2, -0.15) is 0 Å². The fraction of sp³-hybridized carbons (Fsp3) is 0.421. The quantitative estimate of drug-likeness (QED) is 0.788. The van der Waals surface area contributed by atoms with Gasteiger partial charge in [0, 0.05) is 51.9 Å². The van der Waals surface area contributed by atoms with Gasteiger partial charge >= 0.3 is 0 Å². The molecule has 8 nitrogen and oxygen atoms in total. The molecule has 0 atom stereocenters. The lowest BCUT2D eigenvalue weighted by molar-refractivity contribution is -0.130. The highest BCUT2D eigenvalue weighted by Gasteiger charge is 2.27. The molecule has 2 aromatic rings. The zero-order valence-corrected chi connectivity index (χ0v) is 15.4. The number of aryl methyl sites for hydroxylation is 1. The maximum absolute atomic E-state index is 13.0. The molecule has 142 valence electrons. The van der Waals surface area contributed by atoms with Gasteiger partial charge in [0.15, 0.2) is 11.5 Å². The van der Waals surface area contributed by atoms with Gasteiger partial charge in [-0.25, -0.2) is 0 Å². The molecule has 2 aliphatic heterocycles. The molecule has 0 unspecified atom stereocenters. The Labute approximate surface area is 155 Å². The van der Waals surface area contributed by atoms with E-state index < -0.39 is 0 Å². The normalized spacial score (nSPS) is 16.1. The summed E-state index contributed by atoms with van der Waals surface area (Å²) in [5.74, 6) is 0.813. The SMILES string of the molecule is CCn1cc(C(=O)N2CCN(C(C)=O)CC2)c(=O)c2cc3c(cc21)OCO3. The largest absolute Gasteiger partial charge is 0.454 e. The minimum Gasteiger partial charge on any atom is -0.454 e. The Morgan fingerprint density at radius 1 is 1.04 bits per heavy atom. The first-order valence-corrected chi connectivity index (χ1v) is 9.01. The van der Waals surface area contributed by atoms with E-state index in [9.17, 15) is 14.4 Å². The Kier molecular flexibility index (Phi) is 4.25. The Morgan fingerprint density at radius 2 is 1.67 bits per heavy atom. The molecule has 0 bridgehead atoms. The van der Waals surface area contributed by atoms with Crippen LogP contribution < -0.4 is 14.9 Å². The number of carbonyl (C=O) groups excluding carboxylic acids is 2. The van der Waals surface area contributed by atoms with Crippen molar-refractivity contribution in [3.8, 4) is 11.5 Å².